The number of aromatic nitrogens is 1. The highest BCUT2D eigenvalue weighted by molar-refractivity contribution is 5.89. The second-order valence-corrected chi connectivity index (χ2v) is 4.07. The number of nitrogens with zero attached hydrogens (tertiary/aromatic N) is 1. The lowest BCUT2D eigenvalue weighted by Gasteiger charge is -2.00. The van der Waals surface area contributed by atoms with Crippen LogP contribution in [0.2, 0.25) is 0 Å². The normalized spacial score (nSPS) is 10.5. The Bertz CT molecular complexity index is 601. The Balaban J connectivity index is 2.08. The van der Waals surface area contributed by atoms with Crippen LogP contribution >= 0.6 is 0 Å². The molecule has 0 radical (unpaired) electrons. The number of hydrogen-bond donors (Lipinski definition) is 0. The number of hydrogen-bond acceptors (Lipinski definition) is 4. The molecule has 1 aromatic heterocycles. The van der Waals surface area contributed by atoms with Crippen LogP contribution in [0.25, 0.3) is 12.2 Å². The van der Waals surface area contributed by atoms with Gasteiger partial charge < -0.3 is 9.47 Å². The van der Waals surface area contributed by atoms with E-state index in [0.29, 0.717) is 5.56 Å². The average molecular weight is 269 g/mol. The van der Waals surface area contributed by atoms with Crippen LogP contribution in [-0.4, -0.2) is 25.2 Å². The highest BCUT2D eigenvalue weighted by Crippen LogP contribution is 2.13. The van der Waals surface area contributed by atoms with Gasteiger partial charge in [0, 0.05) is 6.20 Å². The summed E-state index contributed by atoms with van der Waals surface area (Å²) in [5.74, 6) is 0.436. The third-order valence-corrected chi connectivity index (χ3v) is 2.77. The van der Waals surface area contributed by atoms with E-state index in [0.717, 1.165) is 17.0 Å². The standard InChI is InChI=1S/C16H15NO3/c1-19-15-9-4-12(5-10-15)3-7-14-8-6-13(11-17-14)16(18)20-2/h3-11H,1-2H3. The van der Waals surface area contributed by atoms with Crippen molar-refractivity contribution in [1.29, 1.82) is 0 Å². The summed E-state index contributed by atoms with van der Waals surface area (Å²) < 4.78 is 9.72. The van der Waals surface area contributed by atoms with Gasteiger partial charge in [0.2, 0.25) is 0 Å². The van der Waals surface area contributed by atoms with Gasteiger partial charge in [-0.1, -0.05) is 18.2 Å². The Morgan fingerprint density at radius 1 is 1.05 bits per heavy atom. The van der Waals surface area contributed by atoms with Gasteiger partial charge >= 0.3 is 5.97 Å². The fourth-order valence-corrected chi connectivity index (χ4v) is 1.64. The molecule has 4 heteroatoms. The molecule has 0 aliphatic rings. The maximum atomic E-state index is 11.3. The molecule has 102 valence electrons. The van der Waals surface area contributed by atoms with Crippen LogP contribution in [0.1, 0.15) is 21.6 Å². The summed E-state index contributed by atoms with van der Waals surface area (Å²) in [5.41, 5.74) is 2.26. The third kappa shape index (κ3) is 3.45. The Kier molecular flexibility index (Phi) is 4.50. The Hall–Kier alpha value is -2.62. The van der Waals surface area contributed by atoms with E-state index >= 15 is 0 Å². The number of pyridine rings is 1. The van der Waals surface area contributed by atoms with Crippen LogP contribution < -0.4 is 4.74 Å². The van der Waals surface area contributed by atoms with Gasteiger partial charge in [-0.05, 0) is 35.9 Å². The smallest absolute Gasteiger partial charge is 0.339 e. The summed E-state index contributed by atoms with van der Waals surface area (Å²) in [6.45, 7) is 0. The number of ether oxygens (including phenoxy) is 2. The predicted molar refractivity (Wildman–Crippen MR) is 77.5 cm³/mol. The van der Waals surface area contributed by atoms with Gasteiger partial charge in [0.25, 0.3) is 0 Å². The lowest BCUT2D eigenvalue weighted by Crippen LogP contribution is -2.01. The molecule has 20 heavy (non-hydrogen) atoms. The largest absolute Gasteiger partial charge is 0.497 e. The molecule has 4 nitrogen and oxygen atoms in total. The first-order valence-corrected chi connectivity index (χ1v) is 6.09. The maximum Gasteiger partial charge on any atom is 0.339 e. The van der Waals surface area contributed by atoms with Crippen molar-refractivity contribution in [2.75, 3.05) is 14.2 Å². The summed E-state index contributed by atoms with van der Waals surface area (Å²) in [7, 11) is 2.98. The van der Waals surface area contributed by atoms with Gasteiger partial charge in [-0.3, -0.25) is 4.98 Å². The SMILES string of the molecule is COC(=O)c1ccc(C=Cc2ccc(OC)cc2)nc1. The van der Waals surface area contributed by atoms with Gasteiger partial charge in [0.05, 0.1) is 25.5 Å². The quantitative estimate of drug-likeness (QED) is 0.800. The molecule has 0 N–H and O–H groups in total. The zero-order valence-electron chi connectivity index (χ0n) is 11.4. The molecule has 0 spiro atoms. The molecule has 1 aromatic carbocycles. The van der Waals surface area contributed by atoms with Crippen molar-refractivity contribution < 1.29 is 14.3 Å². The van der Waals surface area contributed by atoms with Crippen LogP contribution in [0.5, 0.6) is 5.75 Å². The zero-order valence-corrected chi connectivity index (χ0v) is 11.4. The molecule has 0 amide bonds. The molecule has 0 saturated heterocycles. The van der Waals surface area contributed by atoms with Crippen molar-refractivity contribution >= 4 is 18.1 Å². The number of methoxy groups -OCH3 is 2. The lowest BCUT2D eigenvalue weighted by atomic mass is 10.2. The second-order valence-electron chi connectivity index (χ2n) is 4.07. The first kappa shape index (κ1) is 13.8. The highest BCUT2D eigenvalue weighted by atomic mass is 16.5. The predicted octanol–water partition coefficient (Wildman–Crippen LogP) is 3.05. The van der Waals surface area contributed by atoms with E-state index in [1.54, 1.807) is 19.2 Å². The van der Waals surface area contributed by atoms with Gasteiger partial charge in [0.15, 0.2) is 0 Å². The zero-order chi connectivity index (χ0) is 14.4. The molecular weight excluding hydrogens is 254 g/mol. The van der Waals surface area contributed by atoms with Crippen LogP contribution in [0.15, 0.2) is 42.6 Å². The van der Waals surface area contributed by atoms with Crippen LogP contribution in [0, 0.1) is 0 Å². The minimum atomic E-state index is -0.386. The molecule has 2 rings (SSSR count). The average Bonchev–Trinajstić information content (AvgIpc) is 2.53. The van der Waals surface area contributed by atoms with Crippen LogP contribution in [-0.2, 0) is 4.74 Å². The van der Waals surface area contributed by atoms with Crippen molar-refractivity contribution in [1.82, 2.24) is 4.98 Å². The van der Waals surface area contributed by atoms with Crippen molar-refractivity contribution in [2.45, 2.75) is 0 Å². The van der Waals surface area contributed by atoms with Gasteiger partial charge in [-0.2, -0.15) is 0 Å². The molecule has 0 saturated carbocycles. The maximum absolute atomic E-state index is 11.3. The van der Waals surface area contributed by atoms with Crippen molar-refractivity contribution in [2.24, 2.45) is 0 Å². The third-order valence-electron chi connectivity index (χ3n) is 2.77. The first-order chi connectivity index (χ1) is 9.72. The van der Waals surface area contributed by atoms with E-state index in [-0.39, 0.29) is 5.97 Å². The summed E-state index contributed by atoms with van der Waals surface area (Å²) in [5, 5.41) is 0. The number of rotatable bonds is 4. The molecule has 0 bridgehead atoms. The minimum absolute atomic E-state index is 0.386. The molecule has 0 unspecified atom stereocenters. The van der Waals surface area contributed by atoms with Crippen molar-refractivity contribution in [3.63, 3.8) is 0 Å². The van der Waals surface area contributed by atoms with E-state index in [1.807, 2.05) is 36.4 Å². The van der Waals surface area contributed by atoms with E-state index in [4.69, 9.17) is 4.74 Å². The molecule has 0 aliphatic carbocycles. The van der Waals surface area contributed by atoms with E-state index in [2.05, 4.69) is 9.72 Å². The van der Waals surface area contributed by atoms with Crippen molar-refractivity contribution in [3.05, 3.63) is 59.4 Å². The fraction of sp³-hybridized carbons (Fsp3) is 0.125. The lowest BCUT2D eigenvalue weighted by molar-refractivity contribution is 0.0600. The topological polar surface area (TPSA) is 48.4 Å². The molecule has 1 heterocycles. The summed E-state index contributed by atoms with van der Waals surface area (Å²) in [6.07, 6.45) is 5.32. The molecule has 0 aliphatic heterocycles. The Morgan fingerprint density at radius 2 is 1.80 bits per heavy atom. The summed E-state index contributed by atoms with van der Waals surface area (Å²) in [4.78, 5) is 15.5. The molecule has 2 aromatic rings. The van der Waals surface area contributed by atoms with E-state index in [1.165, 1.54) is 13.3 Å². The highest BCUT2D eigenvalue weighted by Gasteiger charge is 2.04. The van der Waals surface area contributed by atoms with E-state index < -0.39 is 0 Å². The van der Waals surface area contributed by atoms with Gasteiger partial charge in [-0.15, -0.1) is 0 Å². The number of carbonyl (C=O) groups excluding carboxylic acids is 1. The minimum Gasteiger partial charge on any atom is -0.497 e. The summed E-state index contributed by atoms with van der Waals surface area (Å²) >= 11 is 0. The second kappa shape index (κ2) is 6.52. The number of carbonyl (C=O) groups is 1. The molecule has 0 atom stereocenters. The number of benzene rings is 1. The van der Waals surface area contributed by atoms with Gasteiger partial charge in [0.1, 0.15) is 5.75 Å². The summed E-state index contributed by atoms with van der Waals surface area (Å²) in [6, 6.07) is 11.2. The number of esters is 1. The first-order valence-electron chi connectivity index (χ1n) is 6.09. The molecular formula is C16H15NO3. The fourth-order valence-electron chi connectivity index (χ4n) is 1.64. The van der Waals surface area contributed by atoms with Crippen LogP contribution in [0.4, 0.5) is 0 Å². The van der Waals surface area contributed by atoms with E-state index in [9.17, 15) is 4.79 Å². The molecule has 0 fully saturated rings. The van der Waals surface area contributed by atoms with Crippen LogP contribution in [0.3, 0.4) is 0 Å². The van der Waals surface area contributed by atoms with Crippen molar-refractivity contribution in [3.8, 4) is 5.75 Å². The van der Waals surface area contributed by atoms with Gasteiger partial charge in [-0.25, -0.2) is 4.79 Å². The Labute approximate surface area is 117 Å². The monoisotopic (exact) mass is 269 g/mol. The Morgan fingerprint density at radius 3 is 2.35 bits per heavy atom.